The summed E-state index contributed by atoms with van der Waals surface area (Å²) in [5.74, 6) is 1.81. The highest BCUT2D eigenvalue weighted by atomic mass is 16.3. The molecule has 9 rings (SSSR count). The molecule has 0 aliphatic rings. The number of nitrogens with zero attached hydrogens (tertiary/aromatic N) is 3. The van der Waals surface area contributed by atoms with E-state index >= 15 is 0 Å². The van der Waals surface area contributed by atoms with Crippen LogP contribution in [0.4, 0.5) is 0 Å². The Kier molecular flexibility index (Phi) is 7.10. The van der Waals surface area contributed by atoms with Crippen LogP contribution in [0.2, 0.25) is 0 Å². The van der Waals surface area contributed by atoms with E-state index in [9.17, 15) is 0 Å². The summed E-state index contributed by atoms with van der Waals surface area (Å²) >= 11 is 0. The number of rotatable bonds is 6. The highest BCUT2D eigenvalue weighted by Crippen LogP contribution is 2.38. The molecule has 49 heavy (non-hydrogen) atoms. The van der Waals surface area contributed by atoms with Gasteiger partial charge in [-0.2, -0.15) is 0 Å². The molecule has 0 spiro atoms. The molecule has 4 nitrogen and oxygen atoms in total. The largest absolute Gasteiger partial charge is 0.456 e. The van der Waals surface area contributed by atoms with Gasteiger partial charge in [-0.25, -0.2) is 15.0 Å². The molecule has 2 heterocycles. The summed E-state index contributed by atoms with van der Waals surface area (Å²) < 4.78 is 6.46. The predicted molar refractivity (Wildman–Crippen MR) is 200 cm³/mol. The maximum Gasteiger partial charge on any atom is 0.164 e. The van der Waals surface area contributed by atoms with Crippen LogP contribution >= 0.6 is 0 Å². The first-order valence-electron chi connectivity index (χ1n) is 16.4. The van der Waals surface area contributed by atoms with Crippen molar-refractivity contribution in [1.29, 1.82) is 0 Å². The second kappa shape index (κ2) is 12.2. The van der Waals surface area contributed by atoms with Crippen molar-refractivity contribution in [2.75, 3.05) is 0 Å². The predicted octanol–water partition coefficient (Wildman–Crippen LogP) is 11.8. The molecule has 0 amide bonds. The smallest absolute Gasteiger partial charge is 0.164 e. The number of aromatic nitrogens is 3. The van der Waals surface area contributed by atoms with Gasteiger partial charge < -0.3 is 4.42 Å². The lowest BCUT2D eigenvalue weighted by Gasteiger charge is -2.11. The fourth-order valence-corrected chi connectivity index (χ4v) is 6.51. The Balaban J connectivity index is 1.24. The van der Waals surface area contributed by atoms with Crippen LogP contribution in [-0.4, -0.2) is 15.0 Å². The van der Waals surface area contributed by atoms with E-state index < -0.39 is 0 Å². The van der Waals surface area contributed by atoms with Gasteiger partial charge in [0.25, 0.3) is 0 Å². The maximum atomic E-state index is 6.46. The Bertz CT molecular complexity index is 2490. The molecule has 0 unspecified atom stereocenters. The molecule has 0 aliphatic heterocycles. The number of furan rings is 1. The fraction of sp³-hybridized carbons (Fsp3) is 0. The first-order chi connectivity index (χ1) is 24.3. The maximum absolute atomic E-state index is 6.46. The molecule has 0 fully saturated rings. The molecule has 0 saturated carbocycles. The number of hydrogen-bond acceptors (Lipinski definition) is 4. The molecule has 0 radical (unpaired) electrons. The summed E-state index contributed by atoms with van der Waals surface area (Å²) in [5.41, 5.74) is 11.1. The van der Waals surface area contributed by atoms with E-state index in [-0.39, 0.29) is 0 Å². The van der Waals surface area contributed by atoms with Crippen LogP contribution in [0, 0.1) is 0 Å². The van der Waals surface area contributed by atoms with E-state index in [4.69, 9.17) is 19.4 Å². The molecule has 2 aromatic heterocycles. The van der Waals surface area contributed by atoms with Crippen molar-refractivity contribution in [1.82, 2.24) is 15.0 Å². The quantitative estimate of drug-likeness (QED) is 0.184. The van der Waals surface area contributed by atoms with E-state index in [1.807, 2.05) is 30.3 Å². The van der Waals surface area contributed by atoms with Gasteiger partial charge in [0.15, 0.2) is 17.5 Å². The summed E-state index contributed by atoms with van der Waals surface area (Å²) in [7, 11) is 0. The molecule has 230 valence electrons. The average Bonchev–Trinajstić information content (AvgIpc) is 3.57. The van der Waals surface area contributed by atoms with Gasteiger partial charge in [-0.15, -0.1) is 0 Å². The zero-order valence-corrected chi connectivity index (χ0v) is 26.5. The van der Waals surface area contributed by atoms with Gasteiger partial charge in [0.1, 0.15) is 11.2 Å². The molecule has 0 bridgehead atoms. The minimum atomic E-state index is 0.593. The first kappa shape index (κ1) is 28.6. The van der Waals surface area contributed by atoms with Crippen molar-refractivity contribution in [3.63, 3.8) is 0 Å². The monoisotopic (exact) mass is 627 g/mol. The molecule has 0 N–H and O–H groups in total. The van der Waals surface area contributed by atoms with Gasteiger partial charge in [0.2, 0.25) is 0 Å². The Morgan fingerprint density at radius 1 is 0.306 bits per heavy atom. The molecule has 7 aromatic carbocycles. The molecular formula is C45H29N3O. The highest BCUT2D eigenvalue weighted by Gasteiger charge is 2.19. The third-order valence-electron chi connectivity index (χ3n) is 8.94. The number of hydrogen-bond donors (Lipinski definition) is 0. The van der Waals surface area contributed by atoms with E-state index in [0.29, 0.717) is 17.5 Å². The van der Waals surface area contributed by atoms with Crippen LogP contribution < -0.4 is 0 Å². The Morgan fingerprint density at radius 2 is 0.755 bits per heavy atom. The standard InChI is InChI=1S/C45H29N3O/c1-4-13-30(14-5-1)33-19-10-21-36(27-33)43-46-44(37-22-11-20-34(28-37)31-15-6-2-7-16-31)48-45(47-43)39-23-12-24-40-42(39)38-26-25-35(29-41(38)49-40)32-17-8-3-9-18-32/h1-29H. The normalized spacial score (nSPS) is 11.3. The van der Waals surface area contributed by atoms with Crippen molar-refractivity contribution in [2.45, 2.75) is 0 Å². The summed E-state index contributed by atoms with van der Waals surface area (Å²) in [6.45, 7) is 0. The Hall–Kier alpha value is -6.65. The molecule has 9 aromatic rings. The first-order valence-corrected chi connectivity index (χ1v) is 16.4. The van der Waals surface area contributed by atoms with Crippen molar-refractivity contribution in [3.8, 4) is 67.5 Å². The molecule has 0 atom stereocenters. The lowest BCUT2D eigenvalue weighted by molar-refractivity contribution is 0.669. The number of fused-ring (bicyclic) bond motifs is 3. The average molecular weight is 628 g/mol. The lowest BCUT2D eigenvalue weighted by Crippen LogP contribution is -2.00. The molecular weight excluding hydrogens is 599 g/mol. The van der Waals surface area contributed by atoms with Crippen molar-refractivity contribution in [2.24, 2.45) is 0 Å². The van der Waals surface area contributed by atoms with Crippen LogP contribution in [0.5, 0.6) is 0 Å². The topological polar surface area (TPSA) is 51.8 Å². The second-order valence-electron chi connectivity index (χ2n) is 12.1. The van der Waals surface area contributed by atoms with Gasteiger partial charge in [0, 0.05) is 27.5 Å². The van der Waals surface area contributed by atoms with Gasteiger partial charge in [-0.05, 0) is 63.7 Å². The molecule has 0 aliphatic carbocycles. The highest BCUT2D eigenvalue weighted by molar-refractivity contribution is 6.12. The minimum Gasteiger partial charge on any atom is -0.456 e. The summed E-state index contributed by atoms with van der Waals surface area (Å²) in [5, 5.41) is 2.00. The van der Waals surface area contributed by atoms with E-state index in [0.717, 1.165) is 72.0 Å². The fourth-order valence-electron chi connectivity index (χ4n) is 6.51. The Labute approximate surface area is 284 Å². The molecule has 0 saturated heterocycles. The van der Waals surface area contributed by atoms with Crippen molar-refractivity contribution >= 4 is 21.9 Å². The van der Waals surface area contributed by atoms with E-state index in [2.05, 4.69) is 146 Å². The van der Waals surface area contributed by atoms with E-state index in [1.165, 1.54) is 0 Å². The van der Waals surface area contributed by atoms with Crippen LogP contribution in [-0.2, 0) is 0 Å². The lowest BCUT2D eigenvalue weighted by atomic mass is 10.0. The van der Waals surface area contributed by atoms with Gasteiger partial charge >= 0.3 is 0 Å². The second-order valence-corrected chi connectivity index (χ2v) is 12.1. The van der Waals surface area contributed by atoms with Crippen molar-refractivity contribution in [3.05, 3.63) is 176 Å². The van der Waals surface area contributed by atoms with Gasteiger partial charge in [-0.1, -0.05) is 146 Å². The summed E-state index contributed by atoms with van der Waals surface area (Å²) in [6, 6.07) is 60.4. The summed E-state index contributed by atoms with van der Waals surface area (Å²) in [4.78, 5) is 15.4. The van der Waals surface area contributed by atoms with Crippen molar-refractivity contribution < 1.29 is 4.42 Å². The minimum absolute atomic E-state index is 0.593. The van der Waals surface area contributed by atoms with Gasteiger partial charge in [-0.3, -0.25) is 0 Å². The van der Waals surface area contributed by atoms with Crippen LogP contribution in [0.3, 0.4) is 0 Å². The molecule has 4 heteroatoms. The third-order valence-corrected chi connectivity index (χ3v) is 8.94. The van der Waals surface area contributed by atoms with Crippen LogP contribution in [0.15, 0.2) is 180 Å². The zero-order chi connectivity index (χ0) is 32.6. The Morgan fingerprint density at radius 3 is 1.31 bits per heavy atom. The zero-order valence-electron chi connectivity index (χ0n) is 26.5. The van der Waals surface area contributed by atoms with Crippen LogP contribution in [0.25, 0.3) is 89.5 Å². The van der Waals surface area contributed by atoms with Crippen LogP contribution in [0.1, 0.15) is 0 Å². The van der Waals surface area contributed by atoms with Gasteiger partial charge in [0.05, 0.1) is 0 Å². The number of benzene rings is 7. The SMILES string of the molecule is c1ccc(-c2cccc(-c3nc(-c4cccc(-c5ccccc5)c4)nc(-c4cccc5oc6cc(-c7ccccc7)ccc6c45)n3)c2)cc1. The summed E-state index contributed by atoms with van der Waals surface area (Å²) in [6.07, 6.45) is 0. The van der Waals surface area contributed by atoms with E-state index in [1.54, 1.807) is 0 Å². The third kappa shape index (κ3) is 5.45.